The van der Waals surface area contributed by atoms with E-state index >= 15 is 0 Å². The number of likely N-dealkylation sites (tertiary alicyclic amines) is 1. The molecular formula is C23H26N4O. The Hall–Kier alpha value is -2.92. The maximum atomic E-state index is 11.1. The standard InChI is InChI=1S/C23H26N4O/c1-17(28)25-13-18-4-2-5-19(12-18)15-27-11-9-21(16-27)26-23-7-3-6-20-14-24-10-8-22(20)23/h2-8,10,12,14,21,26H,9,11,13,15-16H2,1H3,(H,25,28). The van der Waals surface area contributed by atoms with Gasteiger partial charge < -0.3 is 10.6 Å². The van der Waals surface area contributed by atoms with E-state index in [-0.39, 0.29) is 5.91 Å². The van der Waals surface area contributed by atoms with Crippen LogP contribution in [0, 0.1) is 0 Å². The predicted molar refractivity (Wildman–Crippen MR) is 113 cm³/mol. The Bertz CT molecular complexity index is 966. The Morgan fingerprint density at radius 3 is 2.93 bits per heavy atom. The molecule has 1 saturated heterocycles. The molecule has 3 aromatic rings. The topological polar surface area (TPSA) is 57.3 Å². The average molecular weight is 374 g/mol. The molecule has 0 aliphatic carbocycles. The largest absolute Gasteiger partial charge is 0.380 e. The van der Waals surface area contributed by atoms with E-state index in [0.29, 0.717) is 12.6 Å². The lowest BCUT2D eigenvalue weighted by Crippen LogP contribution is -2.26. The first kappa shape index (κ1) is 18.4. The van der Waals surface area contributed by atoms with E-state index < -0.39 is 0 Å². The number of benzene rings is 2. The second-order valence-electron chi connectivity index (χ2n) is 7.50. The maximum absolute atomic E-state index is 11.1. The van der Waals surface area contributed by atoms with Crippen molar-refractivity contribution in [3.8, 4) is 0 Å². The summed E-state index contributed by atoms with van der Waals surface area (Å²) in [6.45, 7) is 5.18. The Morgan fingerprint density at radius 1 is 1.18 bits per heavy atom. The predicted octanol–water partition coefficient (Wildman–Crippen LogP) is 3.56. The van der Waals surface area contributed by atoms with Crippen LogP contribution in [0.15, 0.2) is 60.9 Å². The van der Waals surface area contributed by atoms with Crippen molar-refractivity contribution in [2.75, 3.05) is 18.4 Å². The minimum atomic E-state index is 0.00285. The summed E-state index contributed by atoms with van der Waals surface area (Å²) in [6, 6.07) is 17.3. The van der Waals surface area contributed by atoms with Crippen molar-refractivity contribution in [3.05, 3.63) is 72.1 Å². The van der Waals surface area contributed by atoms with Gasteiger partial charge in [0.25, 0.3) is 0 Å². The number of fused-ring (bicyclic) bond motifs is 1. The Balaban J connectivity index is 1.37. The molecule has 2 aromatic carbocycles. The molecule has 2 heterocycles. The fourth-order valence-electron chi connectivity index (χ4n) is 3.89. The van der Waals surface area contributed by atoms with Crippen molar-refractivity contribution in [1.82, 2.24) is 15.2 Å². The smallest absolute Gasteiger partial charge is 0.217 e. The van der Waals surface area contributed by atoms with Crippen LogP contribution in [0.2, 0.25) is 0 Å². The fourth-order valence-corrected chi connectivity index (χ4v) is 3.89. The van der Waals surface area contributed by atoms with Crippen molar-refractivity contribution in [1.29, 1.82) is 0 Å². The van der Waals surface area contributed by atoms with Gasteiger partial charge in [0.1, 0.15) is 0 Å². The first-order valence-corrected chi connectivity index (χ1v) is 9.81. The van der Waals surface area contributed by atoms with Crippen LogP contribution in [0.4, 0.5) is 5.69 Å². The molecule has 0 radical (unpaired) electrons. The quantitative estimate of drug-likeness (QED) is 0.693. The van der Waals surface area contributed by atoms with E-state index in [2.05, 4.69) is 69.0 Å². The monoisotopic (exact) mass is 374 g/mol. The summed E-state index contributed by atoms with van der Waals surface area (Å²) in [6.07, 6.45) is 4.89. The second kappa shape index (κ2) is 8.40. The zero-order chi connectivity index (χ0) is 19.3. The van der Waals surface area contributed by atoms with Gasteiger partial charge in [-0.25, -0.2) is 0 Å². The highest BCUT2D eigenvalue weighted by atomic mass is 16.1. The SMILES string of the molecule is CC(=O)NCc1cccc(CN2CCC(Nc3cccc4cnccc34)C2)c1. The minimum Gasteiger partial charge on any atom is -0.380 e. The Labute approximate surface area is 165 Å². The number of rotatable bonds is 6. The lowest BCUT2D eigenvalue weighted by atomic mass is 10.1. The number of nitrogens with one attached hydrogen (secondary N) is 2. The number of carbonyl (C=O) groups is 1. The summed E-state index contributed by atoms with van der Waals surface area (Å²) in [7, 11) is 0. The van der Waals surface area contributed by atoms with E-state index in [1.807, 2.05) is 12.4 Å². The van der Waals surface area contributed by atoms with E-state index in [1.54, 1.807) is 6.92 Å². The number of anilines is 1. The second-order valence-corrected chi connectivity index (χ2v) is 7.50. The molecule has 4 rings (SSSR count). The number of nitrogens with zero attached hydrogens (tertiary/aromatic N) is 2. The van der Waals surface area contributed by atoms with E-state index in [9.17, 15) is 4.79 Å². The number of aromatic nitrogens is 1. The first-order valence-electron chi connectivity index (χ1n) is 9.81. The molecule has 5 heteroatoms. The summed E-state index contributed by atoms with van der Waals surface area (Å²) in [5.74, 6) is 0.00285. The number of amides is 1. The molecule has 1 aliphatic heterocycles. The van der Waals surface area contributed by atoms with Crippen LogP contribution in [0.1, 0.15) is 24.5 Å². The molecule has 5 nitrogen and oxygen atoms in total. The van der Waals surface area contributed by atoms with Crippen molar-refractivity contribution in [2.45, 2.75) is 32.5 Å². The molecule has 1 aliphatic rings. The molecule has 144 valence electrons. The van der Waals surface area contributed by atoms with E-state index in [4.69, 9.17) is 0 Å². The summed E-state index contributed by atoms with van der Waals surface area (Å²) < 4.78 is 0. The van der Waals surface area contributed by atoms with Gasteiger partial charge in [0.05, 0.1) is 0 Å². The summed E-state index contributed by atoms with van der Waals surface area (Å²) in [5.41, 5.74) is 3.62. The van der Waals surface area contributed by atoms with Crippen LogP contribution in [-0.2, 0) is 17.9 Å². The van der Waals surface area contributed by atoms with Gasteiger partial charge >= 0.3 is 0 Å². The Morgan fingerprint density at radius 2 is 2.04 bits per heavy atom. The van der Waals surface area contributed by atoms with Crippen LogP contribution in [0.3, 0.4) is 0 Å². The number of pyridine rings is 1. The number of hydrogen-bond acceptors (Lipinski definition) is 4. The van der Waals surface area contributed by atoms with Crippen molar-refractivity contribution >= 4 is 22.4 Å². The summed E-state index contributed by atoms with van der Waals surface area (Å²) in [4.78, 5) is 17.8. The minimum absolute atomic E-state index is 0.00285. The lowest BCUT2D eigenvalue weighted by Gasteiger charge is -2.19. The van der Waals surface area contributed by atoms with E-state index in [0.717, 1.165) is 31.6 Å². The van der Waals surface area contributed by atoms with Gasteiger partial charge in [-0.2, -0.15) is 0 Å². The molecule has 1 atom stereocenters. The van der Waals surface area contributed by atoms with Gasteiger partial charge in [0, 0.05) is 68.0 Å². The molecule has 1 fully saturated rings. The highest BCUT2D eigenvalue weighted by molar-refractivity contribution is 5.93. The zero-order valence-electron chi connectivity index (χ0n) is 16.2. The van der Waals surface area contributed by atoms with Crippen molar-refractivity contribution < 1.29 is 4.79 Å². The third-order valence-electron chi connectivity index (χ3n) is 5.25. The third kappa shape index (κ3) is 4.49. The van der Waals surface area contributed by atoms with Gasteiger partial charge in [0.2, 0.25) is 5.91 Å². The van der Waals surface area contributed by atoms with Gasteiger partial charge in [-0.3, -0.25) is 14.7 Å². The molecule has 2 N–H and O–H groups in total. The first-order chi connectivity index (χ1) is 13.7. The molecule has 0 spiro atoms. The van der Waals surface area contributed by atoms with Crippen LogP contribution < -0.4 is 10.6 Å². The third-order valence-corrected chi connectivity index (χ3v) is 5.25. The fraction of sp³-hybridized carbons (Fsp3) is 0.304. The molecule has 0 bridgehead atoms. The number of hydrogen-bond donors (Lipinski definition) is 2. The van der Waals surface area contributed by atoms with Crippen LogP contribution in [0.5, 0.6) is 0 Å². The van der Waals surface area contributed by atoms with Crippen LogP contribution >= 0.6 is 0 Å². The zero-order valence-corrected chi connectivity index (χ0v) is 16.2. The van der Waals surface area contributed by atoms with Gasteiger partial charge in [-0.05, 0) is 29.7 Å². The molecule has 0 saturated carbocycles. The molecular weight excluding hydrogens is 348 g/mol. The maximum Gasteiger partial charge on any atom is 0.217 e. The van der Waals surface area contributed by atoms with Crippen LogP contribution in [-0.4, -0.2) is 34.9 Å². The Kier molecular flexibility index (Phi) is 5.53. The highest BCUT2D eigenvalue weighted by Crippen LogP contribution is 2.25. The average Bonchev–Trinajstić information content (AvgIpc) is 3.14. The summed E-state index contributed by atoms with van der Waals surface area (Å²) in [5, 5.41) is 8.98. The molecule has 1 amide bonds. The number of carbonyl (C=O) groups excluding carboxylic acids is 1. The van der Waals surface area contributed by atoms with Gasteiger partial charge in [-0.15, -0.1) is 0 Å². The van der Waals surface area contributed by atoms with Crippen molar-refractivity contribution in [2.24, 2.45) is 0 Å². The van der Waals surface area contributed by atoms with Crippen molar-refractivity contribution in [3.63, 3.8) is 0 Å². The molecule has 1 unspecified atom stereocenters. The van der Waals surface area contributed by atoms with Gasteiger partial charge in [0.15, 0.2) is 0 Å². The molecule has 1 aromatic heterocycles. The summed E-state index contributed by atoms with van der Waals surface area (Å²) >= 11 is 0. The lowest BCUT2D eigenvalue weighted by molar-refractivity contribution is -0.119. The highest BCUT2D eigenvalue weighted by Gasteiger charge is 2.22. The van der Waals surface area contributed by atoms with Crippen LogP contribution in [0.25, 0.3) is 10.8 Å². The van der Waals surface area contributed by atoms with Gasteiger partial charge in [-0.1, -0.05) is 36.4 Å². The molecule has 28 heavy (non-hydrogen) atoms. The van der Waals surface area contributed by atoms with E-state index in [1.165, 1.54) is 22.0 Å². The normalized spacial score (nSPS) is 17.0.